The number of aromatic nitrogens is 1. The van der Waals surface area contributed by atoms with Crippen LogP contribution in [0.3, 0.4) is 0 Å². The van der Waals surface area contributed by atoms with Gasteiger partial charge in [0, 0.05) is 33.4 Å². The van der Waals surface area contributed by atoms with Crippen LogP contribution in [0.4, 0.5) is 17.1 Å². The SMILES string of the molecule is c1ccc(N(c2ccc3c(c2)C2(c4ccccc4-c4ccccc42)c2ccccc2-3)c2ccccc2-c2ccc3c(c2)c2ccccc2n3-c2ccccc2)cc1. The van der Waals surface area contributed by atoms with Crippen molar-refractivity contribution in [1.29, 1.82) is 0 Å². The second-order valence-corrected chi connectivity index (χ2v) is 15.2. The van der Waals surface area contributed by atoms with E-state index in [2.05, 4.69) is 228 Å². The van der Waals surface area contributed by atoms with Gasteiger partial charge in [-0.05, 0) is 111 Å². The van der Waals surface area contributed by atoms with Crippen LogP contribution in [0.25, 0.3) is 60.9 Å². The number of benzene rings is 9. The minimum Gasteiger partial charge on any atom is -0.310 e. The van der Waals surface area contributed by atoms with Crippen LogP contribution in [0.5, 0.6) is 0 Å². The number of nitrogens with zero attached hydrogens (tertiary/aromatic N) is 2. The largest absolute Gasteiger partial charge is 0.310 e. The summed E-state index contributed by atoms with van der Waals surface area (Å²) >= 11 is 0. The van der Waals surface area contributed by atoms with Gasteiger partial charge in [0.05, 0.1) is 22.1 Å². The van der Waals surface area contributed by atoms with Crippen molar-refractivity contribution in [1.82, 2.24) is 4.57 Å². The van der Waals surface area contributed by atoms with E-state index in [4.69, 9.17) is 0 Å². The molecule has 266 valence electrons. The molecular formula is C55H36N2. The molecule has 10 aromatic rings. The fourth-order valence-electron chi connectivity index (χ4n) is 10.1. The first kappa shape index (κ1) is 31.9. The molecule has 0 amide bonds. The number of anilines is 3. The summed E-state index contributed by atoms with van der Waals surface area (Å²) in [4.78, 5) is 2.45. The van der Waals surface area contributed by atoms with Crippen LogP contribution in [0, 0.1) is 0 Å². The molecule has 0 unspecified atom stereocenters. The Hall–Kier alpha value is -7.42. The molecular weight excluding hydrogens is 689 g/mol. The van der Waals surface area contributed by atoms with Gasteiger partial charge < -0.3 is 9.47 Å². The number of fused-ring (bicyclic) bond motifs is 13. The molecule has 0 saturated carbocycles. The molecule has 2 nitrogen and oxygen atoms in total. The van der Waals surface area contributed by atoms with Crippen LogP contribution in [0.1, 0.15) is 22.3 Å². The standard InChI is InChI=1S/C55H36N2/c1-3-17-38(18-4-1)56(52-29-15-10-21-41(52)37-31-34-54-47(35-37)46-25-11-16-30-53(46)57(54)39-19-5-2-6-20-39)40-32-33-45-44-24-9-14-28-50(44)55(51(45)36-40)48-26-12-7-22-42(48)43-23-8-13-27-49(43)55/h1-36H. The Morgan fingerprint density at radius 1 is 0.333 bits per heavy atom. The second kappa shape index (κ2) is 12.3. The van der Waals surface area contributed by atoms with E-state index >= 15 is 0 Å². The lowest BCUT2D eigenvalue weighted by atomic mass is 9.70. The molecule has 2 aliphatic carbocycles. The van der Waals surface area contributed by atoms with Crippen LogP contribution in [0.15, 0.2) is 218 Å². The maximum atomic E-state index is 2.48. The van der Waals surface area contributed by atoms with Crippen LogP contribution in [-0.4, -0.2) is 4.57 Å². The summed E-state index contributed by atoms with van der Waals surface area (Å²) in [7, 11) is 0. The Kier molecular flexibility index (Phi) is 6.88. The Morgan fingerprint density at radius 2 is 0.860 bits per heavy atom. The third kappa shape index (κ3) is 4.47. The molecule has 0 N–H and O–H groups in total. The van der Waals surface area contributed by atoms with Gasteiger partial charge in [-0.2, -0.15) is 0 Å². The summed E-state index contributed by atoms with van der Waals surface area (Å²) in [6.45, 7) is 0. The van der Waals surface area contributed by atoms with Crippen molar-refractivity contribution in [3.63, 3.8) is 0 Å². The molecule has 0 atom stereocenters. The highest BCUT2D eigenvalue weighted by Crippen LogP contribution is 2.63. The molecule has 1 aromatic heterocycles. The Morgan fingerprint density at radius 3 is 1.54 bits per heavy atom. The van der Waals surface area contributed by atoms with E-state index in [0.717, 1.165) is 22.7 Å². The van der Waals surface area contributed by atoms with Crippen LogP contribution in [-0.2, 0) is 5.41 Å². The molecule has 2 heteroatoms. The number of hydrogen-bond acceptors (Lipinski definition) is 1. The van der Waals surface area contributed by atoms with E-state index in [1.807, 2.05) is 0 Å². The van der Waals surface area contributed by atoms with E-state index in [1.54, 1.807) is 0 Å². The summed E-state index contributed by atoms with van der Waals surface area (Å²) in [5.41, 5.74) is 19.5. The third-order valence-corrected chi connectivity index (χ3v) is 12.4. The lowest BCUT2D eigenvalue weighted by molar-refractivity contribution is 0.793. The van der Waals surface area contributed by atoms with Crippen LogP contribution < -0.4 is 4.90 Å². The molecule has 1 heterocycles. The van der Waals surface area contributed by atoms with Gasteiger partial charge in [0.2, 0.25) is 0 Å². The number of hydrogen-bond donors (Lipinski definition) is 0. The van der Waals surface area contributed by atoms with Gasteiger partial charge in [-0.3, -0.25) is 0 Å². The maximum absolute atomic E-state index is 2.48. The van der Waals surface area contributed by atoms with E-state index in [-0.39, 0.29) is 0 Å². The summed E-state index contributed by atoms with van der Waals surface area (Å²) < 4.78 is 2.38. The van der Waals surface area contributed by atoms with Crippen molar-refractivity contribution < 1.29 is 0 Å². The molecule has 0 aliphatic heterocycles. The van der Waals surface area contributed by atoms with Crippen LogP contribution >= 0.6 is 0 Å². The third-order valence-electron chi connectivity index (χ3n) is 12.4. The predicted octanol–water partition coefficient (Wildman–Crippen LogP) is 14.3. The average molecular weight is 725 g/mol. The Labute approximate surface area is 332 Å². The lowest BCUT2D eigenvalue weighted by Crippen LogP contribution is -2.26. The smallest absolute Gasteiger partial charge is 0.0726 e. The lowest BCUT2D eigenvalue weighted by Gasteiger charge is -2.32. The zero-order valence-electron chi connectivity index (χ0n) is 31.2. The summed E-state index contributed by atoms with van der Waals surface area (Å²) in [6, 6.07) is 80.4. The fourth-order valence-corrected chi connectivity index (χ4v) is 10.1. The first-order valence-corrected chi connectivity index (χ1v) is 19.8. The maximum Gasteiger partial charge on any atom is 0.0726 e. The molecule has 57 heavy (non-hydrogen) atoms. The molecule has 9 aromatic carbocycles. The zero-order valence-corrected chi connectivity index (χ0v) is 31.2. The van der Waals surface area contributed by atoms with Gasteiger partial charge in [0.15, 0.2) is 0 Å². The molecule has 0 bridgehead atoms. The Balaban J connectivity index is 1.09. The molecule has 12 rings (SSSR count). The van der Waals surface area contributed by atoms with Gasteiger partial charge >= 0.3 is 0 Å². The molecule has 0 fully saturated rings. The summed E-state index contributed by atoms with van der Waals surface area (Å²) in [5.74, 6) is 0. The first-order valence-electron chi connectivity index (χ1n) is 19.8. The Bertz CT molecular complexity index is 3130. The predicted molar refractivity (Wildman–Crippen MR) is 237 cm³/mol. The second-order valence-electron chi connectivity index (χ2n) is 15.2. The van der Waals surface area contributed by atoms with Crippen molar-refractivity contribution in [2.75, 3.05) is 4.90 Å². The summed E-state index contributed by atoms with van der Waals surface area (Å²) in [5, 5.41) is 2.49. The quantitative estimate of drug-likeness (QED) is 0.172. The highest BCUT2D eigenvalue weighted by atomic mass is 15.1. The van der Waals surface area contributed by atoms with E-state index < -0.39 is 5.41 Å². The minimum atomic E-state index is -0.422. The van der Waals surface area contributed by atoms with Crippen molar-refractivity contribution in [3.8, 4) is 39.1 Å². The zero-order chi connectivity index (χ0) is 37.5. The van der Waals surface area contributed by atoms with Crippen molar-refractivity contribution in [2.24, 2.45) is 0 Å². The van der Waals surface area contributed by atoms with Crippen molar-refractivity contribution in [2.45, 2.75) is 5.41 Å². The van der Waals surface area contributed by atoms with Gasteiger partial charge in [-0.25, -0.2) is 0 Å². The topological polar surface area (TPSA) is 8.17 Å². The van der Waals surface area contributed by atoms with Crippen molar-refractivity contribution >= 4 is 38.9 Å². The van der Waals surface area contributed by atoms with Crippen LogP contribution in [0.2, 0.25) is 0 Å². The van der Waals surface area contributed by atoms with Crippen molar-refractivity contribution in [3.05, 3.63) is 241 Å². The highest BCUT2D eigenvalue weighted by Gasteiger charge is 2.51. The molecule has 1 spiro atoms. The van der Waals surface area contributed by atoms with E-state index in [1.165, 1.54) is 77.4 Å². The van der Waals surface area contributed by atoms with Gasteiger partial charge in [0.25, 0.3) is 0 Å². The fraction of sp³-hybridized carbons (Fsp3) is 0.0182. The van der Waals surface area contributed by atoms with Gasteiger partial charge in [-0.15, -0.1) is 0 Å². The van der Waals surface area contributed by atoms with E-state index in [9.17, 15) is 0 Å². The first-order chi connectivity index (χ1) is 28.3. The van der Waals surface area contributed by atoms with Gasteiger partial charge in [0.1, 0.15) is 0 Å². The molecule has 0 radical (unpaired) electrons. The average Bonchev–Trinajstić information content (AvgIpc) is 3.89. The highest BCUT2D eigenvalue weighted by molar-refractivity contribution is 6.11. The van der Waals surface area contributed by atoms with Gasteiger partial charge in [-0.1, -0.05) is 158 Å². The van der Waals surface area contributed by atoms with E-state index in [0.29, 0.717) is 0 Å². The monoisotopic (exact) mass is 724 g/mol. The number of rotatable bonds is 5. The normalized spacial score (nSPS) is 13.1. The molecule has 2 aliphatic rings. The number of para-hydroxylation sites is 4. The molecule has 0 saturated heterocycles. The summed E-state index contributed by atoms with van der Waals surface area (Å²) in [6.07, 6.45) is 0. The minimum absolute atomic E-state index is 0.422.